The van der Waals surface area contributed by atoms with Gasteiger partial charge in [0.1, 0.15) is 12.2 Å². The molecule has 1 saturated carbocycles. The minimum Gasteiger partial charge on any atom is -0.339 e. The van der Waals surface area contributed by atoms with Crippen molar-refractivity contribution in [2.75, 3.05) is 16.9 Å². The van der Waals surface area contributed by atoms with Crippen molar-refractivity contribution in [3.05, 3.63) is 15.8 Å². The molecule has 3 N–H and O–H groups in total. The molecule has 1 fully saturated rings. The third kappa shape index (κ3) is 3.48. The van der Waals surface area contributed by atoms with Crippen LogP contribution in [0.3, 0.4) is 0 Å². The van der Waals surface area contributed by atoms with Gasteiger partial charge in [0.05, 0.1) is 4.92 Å². The van der Waals surface area contributed by atoms with E-state index in [2.05, 4.69) is 15.4 Å². The van der Waals surface area contributed by atoms with Crippen LogP contribution in [0.1, 0.15) is 18.5 Å². The van der Waals surface area contributed by atoms with Crippen molar-refractivity contribution in [3.8, 4) is 0 Å². The van der Waals surface area contributed by atoms with E-state index in [0.29, 0.717) is 12.8 Å². The minimum atomic E-state index is -4.49. The van der Waals surface area contributed by atoms with E-state index in [-0.39, 0.29) is 17.5 Å². The lowest BCUT2D eigenvalue weighted by Gasteiger charge is -2.24. The summed E-state index contributed by atoms with van der Waals surface area (Å²) in [6, 6.07) is -0.412. The van der Waals surface area contributed by atoms with Crippen LogP contribution in [0.4, 0.5) is 30.6 Å². The molecule has 21 heavy (non-hydrogen) atoms. The SMILES string of the molecule is Cc1nc(NN)nc(N(CC(F)(F)F)C2CC2)c1[N+](=O)[O-]. The predicted octanol–water partition coefficient (Wildman–Crippen LogP) is 1.51. The number of aromatic nitrogens is 2. The van der Waals surface area contributed by atoms with E-state index >= 15 is 0 Å². The number of halogens is 3. The number of aryl methyl sites for hydroxylation is 1. The molecule has 1 aliphatic rings. The highest BCUT2D eigenvalue weighted by Crippen LogP contribution is 2.39. The lowest BCUT2D eigenvalue weighted by Crippen LogP contribution is -2.37. The van der Waals surface area contributed by atoms with E-state index in [1.54, 1.807) is 0 Å². The zero-order chi connectivity index (χ0) is 15.8. The molecule has 8 nitrogen and oxygen atoms in total. The first kappa shape index (κ1) is 15.2. The molecule has 0 unspecified atom stereocenters. The topological polar surface area (TPSA) is 110 Å². The van der Waals surface area contributed by atoms with E-state index in [1.807, 2.05) is 0 Å². The quantitative estimate of drug-likeness (QED) is 0.482. The molecule has 0 atom stereocenters. The van der Waals surface area contributed by atoms with Gasteiger partial charge in [0.25, 0.3) is 0 Å². The van der Waals surface area contributed by atoms with Crippen LogP contribution in [0.25, 0.3) is 0 Å². The highest BCUT2D eigenvalue weighted by molar-refractivity contribution is 5.63. The molecule has 1 aliphatic carbocycles. The number of nitrogen functional groups attached to an aromatic ring is 1. The average Bonchev–Trinajstić information content (AvgIpc) is 3.17. The molecular weight excluding hydrogens is 293 g/mol. The number of nitrogens with zero attached hydrogens (tertiary/aromatic N) is 4. The Morgan fingerprint density at radius 2 is 2.10 bits per heavy atom. The number of hydrogen-bond donors (Lipinski definition) is 2. The Balaban J connectivity index is 2.52. The van der Waals surface area contributed by atoms with E-state index in [1.165, 1.54) is 6.92 Å². The zero-order valence-electron chi connectivity index (χ0n) is 11.0. The monoisotopic (exact) mass is 306 g/mol. The van der Waals surface area contributed by atoms with Gasteiger partial charge in [-0.2, -0.15) is 18.2 Å². The van der Waals surface area contributed by atoms with Gasteiger partial charge >= 0.3 is 11.9 Å². The highest BCUT2D eigenvalue weighted by Gasteiger charge is 2.42. The number of hydrazine groups is 1. The van der Waals surface area contributed by atoms with Crippen LogP contribution in [0.5, 0.6) is 0 Å². The number of nitrogens with one attached hydrogen (secondary N) is 1. The summed E-state index contributed by atoms with van der Waals surface area (Å²) in [4.78, 5) is 18.7. The Hall–Kier alpha value is -2.17. The number of alkyl halides is 3. The number of rotatable bonds is 5. The van der Waals surface area contributed by atoms with Crippen molar-refractivity contribution in [1.29, 1.82) is 0 Å². The summed E-state index contributed by atoms with van der Waals surface area (Å²) in [6.45, 7) is 0.0157. The normalized spacial score (nSPS) is 14.9. The largest absolute Gasteiger partial charge is 0.405 e. The van der Waals surface area contributed by atoms with Crippen molar-refractivity contribution in [1.82, 2.24) is 9.97 Å². The Bertz CT molecular complexity index is 560. The summed E-state index contributed by atoms with van der Waals surface area (Å²) in [5.41, 5.74) is 1.51. The second-order valence-electron chi connectivity index (χ2n) is 4.68. The van der Waals surface area contributed by atoms with E-state index in [4.69, 9.17) is 5.84 Å². The van der Waals surface area contributed by atoms with E-state index in [0.717, 1.165) is 4.90 Å². The van der Waals surface area contributed by atoms with Gasteiger partial charge in [-0.3, -0.25) is 15.5 Å². The average molecular weight is 306 g/mol. The first-order valence-electron chi connectivity index (χ1n) is 6.06. The summed E-state index contributed by atoms with van der Waals surface area (Å²) >= 11 is 0. The third-order valence-corrected chi connectivity index (χ3v) is 2.96. The molecule has 1 aromatic heterocycles. The molecule has 1 heterocycles. The molecule has 0 spiro atoms. The molecule has 0 amide bonds. The van der Waals surface area contributed by atoms with Crippen LogP contribution in [0.15, 0.2) is 0 Å². The predicted molar refractivity (Wildman–Crippen MR) is 67.7 cm³/mol. The number of nitrogens with two attached hydrogens (primary N) is 1. The fourth-order valence-corrected chi connectivity index (χ4v) is 1.99. The van der Waals surface area contributed by atoms with Crippen LogP contribution in [-0.2, 0) is 0 Å². The molecule has 0 aromatic carbocycles. The molecule has 0 aliphatic heterocycles. The van der Waals surface area contributed by atoms with Crippen LogP contribution in [-0.4, -0.2) is 33.7 Å². The lowest BCUT2D eigenvalue weighted by atomic mass is 10.3. The van der Waals surface area contributed by atoms with Crippen LogP contribution >= 0.6 is 0 Å². The molecule has 11 heteroatoms. The van der Waals surface area contributed by atoms with Gasteiger partial charge in [-0.25, -0.2) is 10.8 Å². The van der Waals surface area contributed by atoms with Crippen molar-refractivity contribution in [3.63, 3.8) is 0 Å². The first-order chi connectivity index (χ1) is 9.73. The summed E-state index contributed by atoms with van der Waals surface area (Å²) in [6.07, 6.45) is -3.44. The standard InChI is InChI=1S/C10H13F3N6O2/c1-5-7(19(20)21)8(16-9(15-5)17-14)18(6-2-3-6)4-10(11,12)13/h6H,2-4,14H2,1H3,(H,15,16,17). The van der Waals surface area contributed by atoms with Crippen LogP contribution in [0.2, 0.25) is 0 Å². The van der Waals surface area contributed by atoms with Crippen LogP contribution in [0, 0.1) is 17.0 Å². The Morgan fingerprint density at radius 3 is 2.52 bits per heavy atom. The lowest BCUT2D eigenvalue weighted by molar-refractivity contribution is -0.385. The fourth-order valence-electron chi connectivity index (χ4n) is 1.99. The van der Waals surface area contributed by atoms with Crippen molar-refractivity contribution < 1.29 is 18.1 Å². The third-order valence-electron chi connectivity index (χ3n) is 2.96. The molecular formula is C10H13F3N6O2. The number of hydrogen-bond acceptors (Lipinski definition) is 7. The summed E-state index contributed by atoms with van der Waals surface area (Å²) < 4.78 is 38.1. The van der Waals surface area contributed by atoms with E-state index in [9.17, 15) is 23.3 Å². The summed E-state index contributed by atoms with van der Waals surface area (Å²) in [5.74, 6) is 4.62. The first-order valence-corrected chi connectivity index (χ1v) is 6.06. The molecule has 116 valence electrons. The molecule has 1 aromatic rings. The smallest absolute Gasteiger partial charge is 0.339 e. The van der Waals surface area contributed by atoms with Gasteiger partial charge in [-0.05, 0) is 19.8 Å². The minimum absolute atomic E-state index is 0.0502. The van der Waals surface area contributed by atoms with Crippen molar-refractivity contribution >= 4 is 17.5 Å². The van der Waals surface area contributed by atoms with Gasteiger partial charge in [0.15, 0.2) is 0 Å². The summed E-state index contributed by atoms with van der Waals surface area (Å²) in [7, 11) is 0. The maximum atomic E-state index is 12.7. The van der Waals surface area contributed by atoms with Gasteiger partial charge < -0.3 is 4.90 Å². The number of anilines is 2. The van der Waals surface area contributed by atoms with Gasteiger partial charge in [0.2, 0.25) is 11.8 Å². The maximum Gasteiger partial charge on any atom is 0.405 e. The molecule has 0 bridgehead atoms. The Kier molecular flexibility index (Phi) is 3.85. The Morgan fingerprint density at radius 1 is 1.48 bits per heavy atom. The molecule has 0 saturated heterocycles. The second kappa shape index (κ2) is 5.31. The highest BCUT2D eigenvalue weighted by atomic mass is 19.4. The maximum absolute atomic E-state index is 12.7. The van der Waals surface area contributed by atoms with Gasteiger partial charge in [-0.15, -0.1) is 0 Å². The fraction of sp³-hybridized carbons (Fsp3) is 0.600. The molecule has 0 radical (unpaired) electrons. The van der Waals surface area contributed by atoms with E-state index < -0.39 is 29.4 Å². The molecule has 2 rings (SSSR count). The van der Waals surface area contributed by atoms with Crippen molar-refractivity contribution in [2.24, 2.45) is 5.84 Å². The second-order valence-corrected chi connectivity index (χ2v) is 4.68. The number of nitro groups is 1. The summed E-state index contributed by atoms with van der Waals surface area (Å²) in [5, 5.41) is 11.1. The zero-order valence-corrected chi connectivity index (χ0v) is 11.0. The van der Waals surface area contributed by atoms with Crippen LogP contribution < -0.4 is 16.2 Å². The van der Waals surface area contributed by atoms with Gasteiger partial charge in [-0.1, -0.05) is 0 Å². The van der Waals surface area contributed by atoms with Gasteiger partial charge in [0, 0.05) is 6.04 Å². The Labute approximate surface area is 117 Å². The van der Waals surface area contributed by atoms with Crippen molar-refractivity contribution in [2.45, 2.75) is 32.0 Å².